The Hall–Kier alpha value is 2.26. The molecule has 0 aliphatic carbocycles. The molecule has 0 unspecified atom stereocenters. The number of hydrogen-bond donors (Lipinski definition) is 0. The molecule has 0 saturated carbocycles. The van der Waals surface area contributed by atoms with Gasteiger partial charge in [0.05, 0.1) is 0 Å². The Morgan fingerprint density at radius 1 is 0.400 bits per heavy atom. The van der Waals surface area contributed by atoms with Crippen LogP contribution in [0.25, 0.3) is 0 Å². The molecule has 0 saturated heterocycles. The molecule has 0 aromatic carbocycles. The van der Waals surface area contributed by atoms with Crippen molar-refractivity contribution in [1.29, 1.82) is 0 Å². The standard InChI is InChI=1S/K.7H2O.Pt.Si/h;7*1H2;;/q+1;;;;;;;;+2;+4/p-7. The molecule has 7 nitrogen and oxygen atoms in total. The summed E-state index contributed by atoms with van der Waals surface area (Å²) in [4.78, 5) is 0. The van der Waals surface area contributed by atoms with Crippen molar-refractivity contribution in [2.75, 3.05) is 0 Å². The van der Waals surface area contributed by atoms with Crippen molar-refractivity contribution >= 4 is 11.0 Å². The number of hydrogen-bond acceptors (Lipinski definition) is 7. The molecule has 0 radical (unpaired) electrons. The minimum absolute atomic E-state index is 0. The van der Waals surface area contributed by atoms with Gasteiger partial charge in [0.15, 0.2) is 0 Å². The van der Waals surface area contributed by atoms with Gasteiger partial charge >= 0.3 is 83.4 Å². The van der Waals surface area contributed by atoms with Crippen LogP contribution in [-0.2, 0) is 21.1 Å². The summed E-state index contributed by atoms with van der Waals surface area (Å²) < 4.78 is 0. The summed E-state index contributed by atoms with van der Waals surface area (Å²) in [6, 6.07) is 0. The van der Waals surface area contributed by atoms with Crippen LogP contribution in [0.3, 0.4) is 0 Å². The van der Waals surface area contributed by atoms with Crippen LogP contribution in [0, 0.1) is 0 Å². The first kappa shape index (κ1) is 304. The van der Waals surface area contributed by atoms with E-state index in [1.807, 2.05) is 0 Å². The van der Waals surface area contributed by atoms with Crippen LogP contribution in [-0.4, -0.2) is 49.3 Å². The molecule has 0 amide bonds. The maximum atomic E-state index is 0. The maximum absolute atomic E-state index is 0. The predicted octanol–water partition coefficient (Wildman–Crippen LogP) is -4.62. The van der Waals surface area contributed by atoms with Crippen molar-refractivity contribution in [1.82, 2.24) is 0 Å². The molecule has 0 spiro atoms. The first-order chi connectivity index (χ1) is 0. The van der Waals surface area contributed by atoms with E-state index in [4.69, 9.17) is 0 Å². The van der Waals surface area contributed by atoms with E-state index in [9.17, 15) is 0 Å². The van der Waals surface area contributed by atoms with Gasteiger partial charge in [-0.2, -0.15) is 0 Å². The molecule has 0 bridgehead atoms. The van der Waals surface area contributed by atoms with Gasteiger partial charge in [-0.1, -0.05) is 0 Å². The third-order valence-corrected chi connectivity index (χ3v) is 0. The molecule has 0 aromatic rings. The molecule has 0 aromatic heterocycles. The van der Waals surface area contributed by atoms with E-state index in [1.165, 1.54) is 0 Å². The third kappa shape index (κ3) is 172. The summed E-state index contributed by atoms with van der Waals surface area (Å²) in [7, 11) is 0. The van der Waals surface area contributed by atoms with Crippen LogP contribution in [0.1, 0.15) is 0 Å². The van der Waals surface area contributed by atoms with E-state index in [0.29, 0.717) is 0 Å². The van der Waals surface area contributed by atoms with Crippen molar-refractivity contribution in [3.63, 3.8) is 0 Å². The molecule has 0 aliphatic heterocycles. The quantitative estimate of drug-likeness (QED) is 0.374. The Morgan fingerprint density at radius 3 is 0.400 bits per heavy atom. The van der Waals surface area contributed by atoms with Gasteiger partial charge in [-0.05, 0) is 0 Å². The number of rotatable bonds is 0. The topological polar surface area (TPSA) is 210 Å². The van der Waals surface area contributed by atoms with Crippen LogP contribution in [0.5, 0.6) is 0 Å². The normalized spacial score (nSPS) is 0. The van der Waals surface area contributed by atoms with Crippen molar-refractivity contribution in [2.45, 2.75) is 0 Å². The summed E-state index contributed by atoms with van der Waals surface area (Å²) in [6.45, 7) is 0. The zero-order valence-electron chi connectivity index (χ0n) is 4.95. The molecule has 7 N–H and O–H groups in total. The van der Waals surface area contributed by atoms with Crippen LogP contribution >= 0.6 is 0 Å². The van der Waals surface area contributed by atoms with E-state index in [0.717, 1.165) is 0 Å². The first-order valence-electron chi connectivity index (χ1n) is 0. The second kappa shape index (κ2) is 232. The minimum atomic E-state index is 0. The van der Waals surface area contributed by atoms with Gasteiger partial charge in [-0.25, -0.2) is 0 Å². The van der Waals surface area contributed by atoms with Crippen molar-refractivity contribution in [3.8, 4) is 0 Å². The molecule has 0 aliphatic rings. The van der Waals surface area contributed by atoms with Gasteiger partial charge < -0.3 is 38.3 Å². The Labute approximate surface area is 120 Å². The molecule has 0 heterocycles. The van der Waals surface area contributed by atoms with Crippen LogP contribution in [0.2, 0.25) is 0 Å². The molecule has 10 heavy (non-hydrogen) atoms. The average molecular weight is 381 g/mol. The minimum Gasteiger partial charge on any atom is -0.870 e. The van der Waals surface area contributed by atoms with Crippen LogP contribution in [0.15, 0.2) is 0 Å². The largest absolute Gasteiger partial charge is 4.00 e. The summed E-state index contributed by atoms with van der Waals surface area (Å²) in [6.07, 6.45) is 0. The summed E-state index contributed by atoms with van der Waals surface area (Å²) in [5.74, 6) is 0. The molecule has 0 atom stereocenters. The third-order valence-electron chi connectivity index (χ3n) is 0. The van der Waals surface area contributed by atoms with Crippen LogP contribution < -0.4 is 51.4 Å². The van der Waals surface area contributed by atoms with E-state index in [2.05, 4.69) is 0 Å². The van der Waals surface area contributed by atoms with Gasteiger partial charge in [-0.15, -0.1) is 0 Å². The van der Waals surface area contributed by atoms with Crippen molar-refractivity contribution in [3.05, 3.63) is 0 Å². The van der Waals surface area contributed by atoms with Gasteiger partial charge in [0.2, 0.25) is 0 Å². The first-order valence-corrected chi connectivity index (χ1v) is 0. The van der Waals surface area contributed by atoms with E-state index < -0.39 is 0 Å². The Morgan fingerprint density at radius 2 is 0.400 bits per heavy atom. The monoisotopic (exact) mass is 381 g/mol. The van der Waals surface area contributed by atoms with Gasteiger partial charge in [0.25, 0.3) is 0 Å². The molecule has 10 heteroatoms. The molecule has 0 fully saturated rings. The Balaban J connectivity index is 0. The summed E-state index contributed by atoms with van der Waals surface area (Å²) in [5.41, 5.74) is 0. The fourth-order valence-electron chi connectivity index (χ4n) is 0. The smallest absolute Gasteiger partial charge is 0.870 e. The van der Waals surface area contributed by atoms with Crippen LogP contribution in [0.4, 0.5) is 0 Å². The van der Waals surface area contributed by atoms with Crippen molar-refractivity contribution < 1.29 is 111 Å². The average Bonchev–Trinajstić information content (AvgIpc) is 0. The summed E-state index contributed by atoms with van der Waals surface area (Å²) in [5, 5.41) is 0. The zero-order valence-corrected chi connectivity index (χ0v) is 11.3. The van der Waals surface area contributed by atoms with E-state index in [-0.39, 0.29) is 122 Å². The predicted molar refractivity (Wildman–Crippen MR) is 19.3 cm³/mol. The Bertz CT molecular complexity index is 13.6. The van der Waals surface area contributed by atoms with E-state index >= 15 is 0 Å². The second-order valence-corrected chi connectivity index (χ2v) is 0. The summed E-state index contributed by atoms with van der Waals surface area (Å²) >= 11 is 0. The van der Waals surface area contributed by atoms with E-state index in [1.54, 1.807) is 0 Å². The fraction of sp³-hybridized carbons (Fsp3) is 0. The zero-order chi connectivity index (χ0) is 0. The molecular formula is H7KO7PtSi. The second-order valence-electron chi connectivity index (χ2n) is 0. The molecular weight excluding hydrogens is 374 g/mol. The fourth-order valence-corrected chi connectivity index (χ4v) is 0. The maximum Gasteiger partial charge on any atom is 4.00 e. The van der Waals surface area contributed by atoms with Crippen molar-refractivity contribution in [2.24, 2.45) is 0 Å². The van der Waals surface area contributed by atoms with Gasteiger partial charge in [-0.3, -0.25) is 0 Å². The molecule has 0 rings (SSSR count). The van der Waals surface area contributed by atoms with Gasteiger partial charge in [0.1, 0.15) is 0 Å². The van der Waals surface area contributed by atoms with Gasteiger partial charge in [0, 0.05) is 0 Å². The molecule has 64 valence electrons. The SMILES string of the molecule is [K+].[OH-].[OH-].[OH-].[OH-].[OH-].[OH-].[OH-].[Pt+2].[Si+4]. The Kier molecular flexibility index (Phi) is 7050.